The summed E-state index contributed by atoms with van der Waals surface area (Å²) in [4.78, 5) is 19.2. The van der Waals surface area contributed by atoms with Crippen molar-refractivity contribution in [2.75, 3.05) is 0 Å². The highest BCUT2D eigenvalue weighted by atomic mass is 16.2. The van der Waals surface area contributed by atoms with Gasteiger partial charge in [0.1, 0.15) is 0 Å². The number of aromatic amines is 1. The Labute approximate surface area is 121 Å². The predicted molar refractivity (Wildman–Crippen MR) is 82.2 cm³/mol. The topological polar surface area (TPSA) is 70.1 Å². The minimum absolute atomic E-state index is 0.235. The number of benzene rings is 1. The van der Waals surface area contributed by atoms with E-state index in [9.17, 15) is 4.79 Å². The van der Waals surface area contributed by atoms with Crippen LogP contribution in [0.5, 0.6) is 0 Å². The van der Waals surface area contributed by atoms with Crippen LogP contribution in [-0.4, -0.2) is 21.6 Å². The van der Waals surface area contributed by atoms with Crippen molar-refractivity contribution in [1.29, 1.82) is 0 Å². The molecular formula is C16H14N4O. The largest absolute Gasteiger partial charge is 0.360 e. The van der Waals surface area contributed by atoms with E-state index < -0.39 is 0 Å². The van der Waals surface area contributed by atoms with Crippen LogP contribution < -0.4 is 5.43 Å². The first-order valence-corrected chi connectivity index (χ1v) is 6.57. The molecule has 0 spiro atoms. The highest BCUT2D eigenvalue weighted by Gasteiger charge is 2.10. The molecule has 0 radical (unpaired) electrons. The fraction of sp³-hybridized carbons (Fsp3) is 0.0625. The summed E-state index contributed by atoms with van der Waals surface area (Å²) in [5.74, 6) is -0.235. The van der Waals surface area contributed by atoms with Crippen LogP contribution in [0.2, 0.25) is 0 Å². The number of hydrogen-bond acceptors (Lipinski definition) is 3. The molecule has 0 saturated carbocycles. The maximum atomic E-state index is 12.2. The molecule has 1 aromatic carbocycles. The van der Waals surface area contributed by atoms with Crippen molar-refractivity contribution in [1.82, 2.24) is 15.4 Å². The average molecular weight is 278 g/mol. The number of fused-ring (bicyclic) bond motifs is 1. The number of aromatic nitrogens is 2. The van der Waals surface area contributed by atoms with Crippen LogP contribution in [0.15, 0.2) is 60.1 Å². The average Bonchev–Trinajstić information content (AvgIpc) is 2.97. The zero-order valence-corrected chi connectivity index (χ0v) is 11.5. The molecule has 0 atom stereocenters. The van der Waals surface area contributed by atoms with Crippen molar-refractivity contribution in [2.24, 2.45) is 5.10 Å². The van der Waals surface area contributed by atoms with Crippen LogP contribution >= 0.6 is 0 Å². The zero-order chi connectivity index (χ0) is 14.7. The molecule has 2 heterocycles. The van der Waals surface area contributed by atoms with Gasteiger partial charge in [-0.25, -0.2) is 5.43 Å². The standard InChI is InChI=1S/C16H14N4O/c1-11(12-6-8-17-9-7-12)19-20-16(21)14-10-18-15-5-3-2-4-13(14)15/h2-10,18H,1H3,(H,20,21)/b19-11+. The van der Waals surface area contributed by atoms with Gasteiger partial charge in [0, 0.05) is 35.1 Å². The number of hydrogen-bond donors (Lipinski definition) is 2. The minimum atomic E-state index is -0.235. The van der Waals surface area contributed by atoms with Gasteiger partial charge < -0.3 is 4.98 Å². The summed E-state index contributed by atoms with van der Waals surface area (Å²) in [6.07, 6.45) is 5.07. The number of rotatable bonds is 3. The maximum absolute atomic E-state index is 12.2. The number of carbonyl (C=O) groups excluding carboxylic acids is 1. The molecule has 0 bridgehead atoms. The second kappa shape index (κ2) is 5.58. The van der Waals surface area contributed by atoms with E-state index >= 15 is 0 Å². The van der Waals surface area contributed by atoms with Crippen molar-refractivity contribution in [3.05, 3.63) is 66.1 Å². The third-order valence-corrected chi connectivity index (χ3v) is 3.26. The molecule has 0 aliphatic heterocycles. The molecule has 5 heteroatoms. The van der Waals surface area contributed by atoms with Crippen molar-refractivity contribution in [3.8, 4) is 0 Å². The van der Waals surface area contributed by atoms with Gasteiger partial charge in [0.05, 0.1) is 11.3 Å². The van der Waals surface area contributed by atoms with E-state index in [1.165, 1.54) is 0 Å². The number of nitrogens with zero attached hydrogens (tertiary/aromatic N) is 2. The molecule has 0 unspecified atom stereocenters. The lowest BCUT2D eigenvalue weighted by Crippen LogP contribution is -2.19. The molecule has 0 saturated heterocycles. The molecule has 0 aliphatic rings. The van der Waals surface area contributed by atoms with Gasteiger partial charge in [0.25, 0.3) is 5.91 Å². The molecule has 2 N–H and O–H groups in total. The van der Waals surface area contributed by atoms with E-state index in [4.69, 9.17) is 0 Å². The minimum Gasteiger partial charge on any atom is -0.360 e. The Kier molecular flexibility index (Phi) is 3.47. The number of nitrogens with one attached hydrogen (secondary N) is 2. The van der Waals surface area contributed by atoms with E-state index in [1.54, 1.807) is 18.6 Å². The summed E-state index contributed by atoms with van der Waals surface area (Å²) in [5, 5.41) is 5.01. The second-order valence-corrected chi connectivity index (χ2v) is 4.62. The van der Waals surface area contributed by atoms with E-state index in [0.29, 0.717) is 5.56 Å². The normalized spacial score (nSPS) is 11.6. The summed E-state index contributed by atoms with van der Waals surface area (Å²) < 4.78 is 0. The molecule has 104 valence electrons. The number of para-hydroxylation sites is 1. The number of H-pyrrole nitrogens is 1. The molecule has 2 aromatic heterocycles. The first-order valence-electron chi connectivity index (χ1n) is 6.57. The molecule has 3 rings (SSSR count). The molecule has 1 amide bonds. The summed E-state index contributed by atoms with van der Waals surface area (Å²) in [6, 6.07) is 11.3. The molecule has 21 heavy (non-hydrogen) atoms. The molecule has 0 fully saturated rings. The van der Waals surface area contributed by atoms with Gasteiger partial charge in [-0.05, 0) is 25.1 Å². The Hall–Kier alpha value is -2.95. The molecule has 0 aliphatic carbocycles. The molecular weight excluding hydrogens is 264 g/mol. The van der Waals surface area contributed by atoms with Gasteiger partial charge in [0.15, 0.2) is 0 Å². The van der Waals surface area contributed by atoms with Crippen LogP contribution in [0.4, 0.5) is 0 Å². The fourth-order valence-corrected chi connectivity index (χ4v) is 2.11. The second-order valence-electron chi connectivity index (χ2n) is 4.62. The third kappa shape index (κ3) is 2.67. The number of amides is 1. The molecule has 3 aromatic rings. The SMILES string of the molecule is C/C(=N\NC(=O)c1c[nH]c2ccccc12)c1ccncc1. The van der Waals surface area contributed by atoms with Gasteiger partial charge in [-0.1, -0.05) is 18.2 Å². The Morgan fingerprint density at radius 2 is 1.95 bits per heavy atom. The smallest absolute Gasteiger partial charge is 0.273 e. The lowest BCUT2D eigenvalue weighted by molar-refractivity contribution is 0.0956. The van der Waals surface area contributed by atoms with Crippen molar-refractivity contribution in [2.45, 2.75) is 6.92 Å². The highest BCUT2D eigenvalue weighted by molar-refractivity contribution is 6.07. The van der Waals surface area contributed by atoms with Crippen LogP contribution in [0.25, 0.3) is 10.9 Å². The summed E-state index contributed by atoms with van der Waals surface area (Å²) in [5.41, 5.74) is 5.74. The van der Waals surface area contributed by atoms with E-state index in [0.717, 1.165) is 22.2 Å². The Morgan fingerprint density at radius 1 is 1.19 bits per heavy atom. The van der Waals surface area contributed by atoms with Crippen LogP contribution in [0, 0.1) is 0 Å². The molecule has 5 nitrogen and oxygen atoms in total. The van der Waals surface area contributed by atoms with E-state index in [2.05, 4.69) is 20.5 Å². The van der Waals surface area contributed by atoms with Gasteiger partial charge in [-0.2, -0.15) is 5.10 Å². The zero-order valence-electron chi connectivity index (χ0n) is 11.5. The van der Waals surface area contributed by atoms with Gasteiger partial charge in [-0.3, -0.25) is 9.78 Å². The lowest BCUT2D eigenvalue weighted by atomic mass is 10.2. The monoisotopic (exact) mass is 278 g/mol. The fourth-order valence-electron chi connectivity index (χ4n) is 2.11. The summed E-state index contributed by atoms with van der Waals surface area (Å²) in [7, 11) is 0. The van der Waals surface area contributed by atoms with Crippen LogP contribution in [0.3, 0.4) is 0 Å². The van der Waals surface area contributed by atoms with E-state index in [-0.39, 0.29) is 5.91 Å². The Balaban J connectivity index is 1.81. The van der Waals surface area contributed by atoms with Gasteiger partial charge in [0.2, 0.25) is 0 Å². The third-order valence-electron chi connectivity index (χ3n) is 3.26. The van der Waals surface area contributed by atoms with Crippen molar-refractivity contribution < 1.29 is 4.79 Å². The first kappa shape index (κ1) is 13.1. The van der Waals surface area contributed by atoms with Crippen molar-refractivity contribution >= 4 is 22.5 Å². The predicted octanol–water partition coefficient (Wildman–Crippen LogP) is 2.72. The maximum Gasteiger partial charge on any atom is 0.273 e. The van der Waals surface area contributed by atoms with E-state index in [1.807, 2.05) is 43.3 Å². The lowest BCUT2D eigenvalue weighted by Gasteiger charge is -2.02. The highest BCUT2D eigenvalue weighted by Crippen LogP contribution is 2.17. The Morgan fingerprint density at radius 3 is 2.76 bits per heavy atom. The summed E-state index contributed by atoms with van der Waals surface area (Å²) in [6.45, 7) is 1.84. The number of pyridine rings is 1. The van der Waals surface area contributed by atoms with Crippen molar-refractivity contribution in [3.63, 3.8) is 0 Å². The first-order chi connectivity index (χ1) is 10.3. The number of hydrazone groups is 1. The van der Waals surface area contributed by atoms with Crippen LogP contribution in [-0.2, 0) is 0 Å². The van der Waals surface area contributed by atoms with Gasteiger partial charge in [-0.15, -0.1) is 0 Å². The van der Waals surface area contributed by atoms with Crippen LogP contribution in [0.1, 0.15) is 22.8 Å². The van der Waals surface area contributed by atoms with Gasteiger partial charge >= 0.3 is 0 Å². The quantitative estimate of drug-likeness (QED) is 0.571. The summed E-state index contributed by atoms with van der Waals surface area (Å²) >= 11 is 0. The number of carbonyl (C=O) groups is 1. The Bertz CT molecular complexity index is 805.